The summed E-state index contributed by atoms with van der Waals surface area (Å²) in [5, 5.41) is 4.73. The first-order valence-corrected chi connectivity index (χ1v) is 12.6. The highest BCUT2D eigenvalue weighted by Crippen LogP contribution is 2.32. The normalized spacial score (nSPS) is 18.4. The summed E-state index contributed by atoms with van der Waals surface area (Å²) in [6.07, 6.45) is 6.83. The minimum atomic E-state index is -0.159. The number of ether oxygens (including phenoxy) is 1. The molecule has 3 aromatic heterocycles. The molecule has 9 heteroatoms. The molecule has 1 aliphatic carbocycles. The number of hydrogen-bond donors (Lipinski definition) is 1. The van der Waals surface area contributed by atoms with Crippen molar-refractivity contribution in [3.05, 3.63) is 28.2 Å². The highest BCUT2D eigenvalue weighted by atomic mass is 16.5. The van der Waals surface area contributed by atoms with Crippen LogP contribution in [0.1, 0.15) is 57.2 Å². The molecule has 1 N–H and O–H groups in total. The Kier molecular flexibility index (Phi) is 6.54. The van der Waals surface area contributed by atoms with Gasteiger partial charge >= 0.3 is 0 Å². The molecule has 1 aliphatic heterocycles. The summed E-state index contributed by atoms with van der Waals surface area (Å²) >= 11 is 0. The molecule has 182 valence electrons. The Hall–Kier alpha value is -2.94. The SMILES string of the molecule is CCOc1nc(N2CCCN(C)CC2)ccc1-c1nc2c(C)nn(C3CCCCC3)c2c(=O)[nH]1. The third kappa shape index (κ3) is 4.41. The zero-order valence-corrected chi connectivity index (χ0v) is 20.5. The van der Waals surface area contributed by atoms with Crippen LogP contribution in [0.25, 0.3) is 22.4 Å². The van der Waals surface area contributed by atoms with Crippen LogP contribution in [0.2, 0.25) is 0 Å². The molecule has 0 atom stereocenters. The van der Waals surface area contributed by atoms with Crippen molar-refractivity contribution in [2.24, 2.45) is 0 Å². The van der Waals surface area contributed by atoms with Gasteiger partial charge in [-0.25, -0.2) is 4.98 Å². The third-order valence-electron chi connectivity index (χ3n) is 7.07. The zero-order valence-electron chi connectivity index (χ0n) is 20.5. The van der Waals surface area contributed by atoms with E-state index in [9.17, 15) is 4.79 Å². The van der Waals surface area contributed by atoms with Crippen LogP contribution >= 0.6 is 0 Å². The number of nitrogens with one attached hydrogen (secondary N) is 1. The lowest BCUT2D eigenvalue weighted by molar-refractivity contribution is 0.328. The number of aromatic nitrogens is 5. The van der Waals surface area contributed by atoms with E-state index >= 15 is 0 Å². The molecule has 9 nitrogen and oxygen atoms in total. The maximum Gasteiger partial charge on any atom is 0.277 e. The molecule has 2 fully saturated rings. The molecular weight excluding hydrogens is 430 g/mol. The van der Waals surface area contributed by atoms with Gasteiger partial charge in [0.15, 0.2) is 5.52 Å². The Morgan fingerprint density at radius 2 is 1.88 bits per heavy atom. The van der Waals surface area contributed by atoms with Gasteiger partial charge in [0, 0.05) is 19.6 Å². The smallest absolute Gasteiger partial charge is 0.277 e. The molecule has 3 aromatic rings. The number of H-pyrrole nitrogens is 1. The van der Waals surface area contributed by atoms with E-state index in [2.05, 4.69) is 21.8 Å². The van der Waals surface area contributed by atoms with Crippen molar-refractivity contribution in [1.29, 1.82) is 0 Å². The largest absolute Gasteiger partial charge is 0.477 e. The molecule has 0 amide bonds. The maximum atomic E-state index is 13.3. The van der Waals surface area contributed by atoms with Gasteiger partial charge in [0.1, 0.15) is 17.2 Å². The molecule has 0 spiro atoms. The fraction of sp³-hybridized carbons (Fsp3) is 0.600. The van der Waals surface area contributed by atoms with Crippen LogP contribution in [0.4, 0.5) is 5.82 Å². The van der Waals surface area contributed by atoms with E-state index in [0.29, 0.717) is 34.9 Å². The molecule has 0 unspecified atom stereocenters. The summed E-state index contributed by atoms with van der Waals surface area (Å²) in [5.74, 6) is 1.87. The second kappa shape index (κ2) is 9.74. The van der Waals surface area contributed by atoms with Gasteiger partial charge in [-0.3, -0.25) is 9.48 Å². The van der Waals surface area contributed by atoms with Gasteiger partial charge in [-0.2, -0.15) is 10.1 Å². The summed E-state index contributed by atoms with van der Waals surface area (Å²) in [7, 11) is 2.15. The monoisotopic (exact) mass is 465 g/mol. The average molecular weight is 466 g/mol. The summed E-state index contributed by atoms with van der Waals surface area (Å²) in [4.78, 5) is 30.6. The van der Waals surface area contributed by atoms with Crippen molar-refractivity contribution in [2.75, 3.05) is 44.7 Å². The van der Waals surface area contributed by atoms with Gasteiger partial charge < -0.3 is 19.5 Å². The van der Waals surface area contributed by atoms with Crippen molar-refractivity contribution in [2.45, 2.75) is 58.4 Å². The van der Waals surface area contributed by atoms with Crippen LogP contribution in [0.5, 0.6) is 5.88 Å². The molecule has 5 rings (SSSR count). The minimum Gasteiger partial charge on any atom is -0.477 e. The van der Waals surface area contributed by atoms with Crippen molar-refractivity contribution in [3.63, 3.8) is 0 Å². The van der Waals surface area contributed by atoms with Gasteiger partial charge in [0.05, 0.1) is 23.9 Å². The van der Waals surface area contributed by atoms with Gasteiger partial charge in [0.25, 0.3) is 5.56 Å². The quantitative estimate of drug-likeness (QED) is 0.616. The number of anilines is 1. The standard InChI is InChI=1S/C25H35N7O2/c1-4-34-25-19(11-12-20(26-25)31-14-8-13-30(3)15-16-31)23-27-21-17(2)29-32(22(21)24(33)28-23)18-9-6-5-7-10-18/h11-12,18H,4-10,13-16H2,1-3H3,(H,27,28,33). The summed E-state index contributed by atoms with van der Waals surface area (Å²) < 4.78 is 7.84. The van der Waals surface area contributed by atoms with E-state index in [4.69, 9.17) is 19.8 Å². The fourth-order valence-corrected chi connectivity index (χ4v) is 5.22. The second-order valence-electron chi connectivity index (χ2n) is 9.53. The van der Waals surface area contributed by atoms with E-state index in [1.54, 1.807) is 0 Å². The van der Waals surface area contributed by atoms with Gasteiger partial charge in [-0.05, 0) is 58.8 Å². The minimum absolute atomic E-state index is 0.159. The Labute approximate surface area is 200 Å². The van der Waals surface area contributed by atoms with Crippen molar-refractivity contribution in [3.8, 4) is 17.3 Å². The van der Waals surface area contributed by atoms with Crippen LogP contribution in [-0.2, 0) is 0 Å². The van der Waals surface area contributed by atoms with Crippen LogP contribution in [0.15, 0.2) is 16.9 Å². The second-order valence-corrected chi connectivity index (χ2v) is 9.53. The Morgan fingerprint density at radius 1 is 1.06 bits per heavy atom. The highest BCUT2D eigenvalue weighted by molar-refractivity contribution is 5.79. The van der Waals surface area contributed by atoms with Gasteiger partial charge in [-0.15, -0.1) is 0 Å². The molecule has 4 heterocycles. The van der Waals surface area contributed by atoms with Crippen molar-refractivity contribution in [1.82, 2.24) is 29.6 Å². The fourth-order valence-electron chi connectivity index (χ4n) is 5.22. The maximum absolute atomic E-state index is 13.3. The Bertz CT molecular complexity index is 1210. The van der Waals surface area contributed by atoms with E-state index < -0.39 is 0 Å². The van der Waals surface area contributed by atoms with E-state index in [0.717, 1.165) is 57.0 Å². The zero-order chi connectivity index (χ0) is 23.7. The first kappa shape index (κ1) is 22.8. The van der Waals surface area contributed by atoms with Crippen molar-refractivity contribution < 1.29 is 4.74 Å². The molecule has 0 bridgehead atoms. The summed E-state index contributed by atoms with van der Waals surface area (Å²) in [6.45, 7) is 8.33. The van der Waals surface area contributed by atoms with Crippen LogP contribution in [0.3, 0.4) is 0 Å². The number of likely N-dealkylation sites (N-methyl/N-ethyl adjacent to an activating group) is 1. The predicted octanol–water partition coefficient (Wildman–Crippen LogP) is 3.54. The number of pyridine rings is 1. The number of nitrogens with zero attached hydrogens (tertiary/aromatic N) is 6. The number of rotatable bonds is 5. The number of fused-ring (bicyclic) bond motifs is 1. The van der Waals surface area contributed by atoms with Crippen LogP contribution in [-0.4, -0.2) is 69.5 Å². The summed E-state index contributed by atoms with van der Waals surface area (Å²) in [6, 6.07) is 4.24. The Balaban J connectivity index is 1.53. The number of aryl methyl sites for hydroxylation is 1. The third-order valence-corrected chi connectivity index (χ3v) is 7.07. The predicted molar refractivity (Wildman–Crippen MR) is 134 cm³/mol. The lowest BCUT2D eigenvalue weighted by Crippen LogP contribution is -2.29. The van der Waals surface area contributed by atoms with E-state index in [1.807, 2.05) is 30.7 Å². The molecule has 0 aromatic carbocycles. The molecule has 1 saturated heterocycles. The van der Waals surface area contributed by atoms with E-state index in [-0.39, 0.29) is 11.6 Å². The topological polar surface area (TPSA) is 92.2 Å². The first-order chi connectivity index (χ1) is 16.5. The lowest BCUT2D eigenvalue weighted by atomic mass is 9.95. The van der Waals surface area contributed by atoms with Crippen LogP contribution < -0.4 is 15.2 Å². The summed E-state index contributed by atoms with van der Waals surface area (Å²) in [5.41, 5.74) is 2.55. The van der Waals surface area contributed by atoms with Crippen LogP contribution in [0, 0.1) is 6.92 Å². The number of aromatic amines is 1. The molecule has 1 saturated carbocycles. The highest BCUT2D eigenvalue weighted by Gasteiger charge is 2.24. The molecule has 0 radical (unpaired) electrons. The average Bonchev–Trinajstić information content (AvgIpc) is 3.03. The molecule has 34 heavy (non-hydrogen) atoms. The van der Waals surface area contributed by atoms with E-state index in [1.165, 1.54) is 19.3 Å². The number of hydrogen-bond acceptors (Lipinski definition) is 7. The molecular formula is C25H35N7O2. The Morgan fingerprint density at radius 3 is 2.68 bits per heavy atom. The van der Waals surface area contributed by atoms with Gasteiger partial charge in [-0.1, -0.05) is 19.3 Å². The van der Waals surface area contributed by atoms with Crippen molar-refractivity contribution >= 4 is 16.9 Å². The van der Waals surface area contributed by atoms with Gasteiger partial charge in [0.2, 0.25) is 5.88 Å². The molecule has 2 aliphatic rings. The lowest BCUT2D eigenvalue weighted by Gasteiger charge is -2.23. The first-order valence-electron chi connectivity index (χ1n) is 12.6.